The van der Waals surface area contributed by atoms with Crippen molar-refractivity contribution in [2.24, 2.45) is 10.7 Å². The Bertz CT molecular complexity index is 167. The van der Waals surface area contributed by atoms with Crippen molar-refractivity contribution in [1.29, 1.82) is 0 Å². The van der Waals surface area contributed by atoms with E-state index < -0.39 is 0 Å². The van der Waals surface area contributed by atoms with E-state index in [1.54, 1.807) is 6.07 Å². The topological polar surface area (TPSA) is 64.4 Å². The highest BCUT2D eigenvalue weighted by Crippen LogP contribution is 2.02. The number of hydrogen-bond acceptors (Lipinski definition) is 3. The first-order valence-corrected chi connectivity index (χ1v) is 2.08. The number of nitrogens with two attached hydrogens (primary N) is 1. The summed E-state index contributed by atoms with van der Waals surface area (Å²) in [6.45, 7) is 0. The molecule has 1 heterocycles. The van der Waals surface area contributed by atoms with E-state index in [0.29, 0.717) is 5.82 Å². The Morgan fingerprint density at radius 3 is 3.25 bits per heavy atom. The van der Waals surface area contributed by atoms with Gasteiger partial charge in [-0.1, -0.05) is 5.16 Å². The lowest BCUT2D eigenvalue weighted by molar-refractivity contribution is 0.422. The van der Waals surface area contributed by atoms with Crippen LogP contribution in [0.15, 0.2) is 21.8 Å². The van der Waals surface area contributed by atoms with Gasteiger partial charge in [-0.25, -0.2) is 4.99 Å². The first kappa shape index (κ1) is 4.83. The number of rotatable bonds is 1. The number of aromatic nitrogens is 1. The van der Waals surface area contributed by atoms with E-state index in [9.17, 15) is 0 Å². The fourth-order valence-electron chi connectivity index (χ4n) is 0.349. The molecule has 0 aliphatic heterocycles. The van der Waals surface area contributed by atoms with Gasteiger partial charge in [0.1, 0.15) is 6.26 Å². The maximum atomic E-state index is 4.95. The summed E-state index contributed by atoms with van der Waals surface area (Å²) in [4.78, 5) is 3.61. The fourth-order valence-corrected chi connectivity index (χ4v) is 0.349. The molecule has 0 saturated heterocycles. The summed E-state index contributed by atoms with van der Waals surface area (Å²) >= 11 is 0. The third-order valence-electron chi connectivity index (χ3n) is 0.631. The van der Waals surface area contributed by atoms with Crippen molar-refractivity contribution < 1.29 is 4.52 Å². The van der Waals surface area contributed by atoms with Crippen LogP contribution in [0, 0.1) is 0 Å². The molecule has 1 aromatic heterocycles. The molecule has 1 aromatic rings. The zero-order valence-electron chi connectivity index (χ0n) is 4.11. The van der Waals surface area contributed by atoms with Crippen molar-refractivity contribution in [1.82, 2.24) is 5.16 Å². The van der Waals surface area contributed by atoms with Crippen molar-refractivity contribution in [3.05, 3.63) is 12.3 Å². The molecule has 0 spiro atoms. The molecule has 1 rings (SSSR count). The van der Waals surface area contributed by atoms with E-state index in [-0.39, 0.29) is 0 Å². The maximum absolute atomic E-state index is 4.95. The first-order chi connectivity index (χ1) is 3.93. The Morgan fingerprint density at radius 1 is 1.88 bits per heavy atom. The molecule has 4 heteroatoms. The van der Waals surface area contributed by atoms with Gasteiger partial charge in [-0.05, 0) is 0 Å². The average molecular weight is 111 g/mol. The minimum absolute atomic E-state index is 0.493. The van der Waals surface area contributed by atoms with Crippen molar-refractivity contribution in [3.63, 3.8) is 0 Å². The molecular formula is C4H5N3O. The first-order valence-electron chi connectivity index (χ1n) is 2.08. The van der Waals surface area contributed by atoms with Gasteiger partial charge in [0.25, 0.3) is 0 Å². The molecule has 0 aromatic carbocycles. The van der Waals surface area contributed by atoms with Crippen LogP contribution in [0.5, 0.6) is 0 Å². The van der Waals surface area contributed by atoms with Gasteiger partial charge in [-0.3, -0.25) is 0 Å². The molecule has 42 valence electrons. The van der Waals surface area contributed by atoms with Crippen LogP contribution < -0.4 is 5.73 Å². The molecule has 0 aliphatic rings. The van der Waals surface area contributed by atoms with Gasteiger partial charge in [0.05, 0.1) is 6.34 Å². The molecule has 0 atom stereocenters. The zero-order chi connectivity index (χ0) is 5.82. The molecule has 0 unspecified atom stereocenters. The Kier molecular flexibility index (Phi) is 1.27. The summed E-state index contributed by atoms with van der Waals surface area (Å²) in [5.41, 5.74) is 4.95. The highest BCUT2D eigenvalue weighted by Gasteiger charge is 1.85. The highest BCUT2D eigenvalue weighted by atomic mass is 16.5. The third kappa shape index (κ3) is 0.841. The van der Waals surface area contributed by atoms with E-state index in [1.807, 2.05) is 0 Å². The smallest absolute Gasteiger partial charge is 0.196 e. The van der Waals surface area contributed by atoms with E-state index in [1.165, 1.54) is 6.26 Å². The summed E-state index contributed by atoms with van der Waals surface area (Å²) in [5.74, 6) is 0.493. The molecule has 0 aliphatic carbocycles. The molecule has 4 nitrogen and oxygen atoms in total. The molecule has 0 amide bonds. The van der Waals surface area contributed by atoms with Crippen molar-refractivity contribution >= 4 is 12.2 Å². The van der Waals surface area contributed by atoms with Gasteiger partial charge >= 0.3 is 0 Å². The lowest BCUT2D eigenvalue weighted by Crippen LogP contribution is -1.85. The third-order valence-corrected chi connectivity index (χ3v) is 0.631. The van der Waals surface area contributed by atoms with Crippen LogP contribution in [-0.2, 0) is 0 Å². The maximum Gasteiger partial charge on any atom is 0.196 e. The number of nitrogens with zero attached hydrogens (tertiary/aromatic N) is 2. The van der Waals surface area contributed by atoms with Crippen LogP contribution in [-0.4, -0.2) is 11.5 Å². The lowest BCUT2D eigenvalue weighted by atomic mass is 10.7. The van der Waals surface area contributed by atoms with Gasteiger partial charge < -0.3 is 10.3 Å². The summed E-state index contributed by atoms with van der Waals surface area (Å²) < 4.78 is 4.45. The van der Waals surface area contributed by atoms with E-state index in [4.69, 9.17) is 5.73 Å². The Morgan fingerprint density at radius 2 is 2.75 bits per heavy atom. The normalized spacial score (nSPS) is 10.5. The van der Waals surface area contributed by atoms with Crippen LogP contribution in [0.25, 0.3) is 0 Å². The second kappa shape index (κ2) is 2.11. The summed E-state index contributed by atoms with van der Waals surface area (Å²) in [7, 11) is 0. The van der Waals surface area contributed by atoms with Crippen LogP contribution in [0.3, 0.4) is 0 Å². The quantitative estimate of drug-likeness (QED) is 0.418. The SMILES string of the molecule is NC=Nc1ccon1. The molecular weight excluding hydrogens is 106 g/mol. The minimum Gasteiger partial charge on any atom is -0.390 e. The Labute approximate surface area is 46.0 Å². The summed E-state index contributed by atoms with van der Waals surface area (Å²) in [6.07, 6.45) is 2.60. The molecule has 0 radical (unpaired) electrons. The molecule has 0 fully saturated rings. The van der Waals surface area contributed by atoms with Crippen molar-refractivity contribution in [3.8, 4) is 0 Å². The van der Waals surface area contributed by atoms with Gasteiger partial charge in [0.2, 0.25) is 0 Å². The second-order valence-electron chi connectivity index (χ2n) is 1.14. The Hall–Kier alpha value is -1.32. The predicted octanol–water partition coefficient (Wildman–Crippen LogP) is 0.293. The van der Waals surface area contributed by atoms with Gasteiger partial charge in [-0.2, -0.15) is 0 Å². The largest absolute Gasteiger partial charge is 0.390 e. The van der Waals surface area contributed by atoms with Crippen LogP contribution in [0.1, 0.15) is 0 Å². The standard InChI is InChI=1S/C4H5N3O/c5-3-6-4-1-2-8-7-4/h1-3H,(H2,5,6,7). The van der Waals surface area contributed by atoms with Gasteiger partial charge in [0, 0.05) is 6.07 Å². The van der Waals surface area contributed by atoms with Crippen LogP contribution in [0.2, 0.25) is 0 Å². The lowest BCUT2D eigenvalue weighted by Gasteiger charge is -1.72. The average Bonchev–Trinajstić information content (AvgIpc) is 2.19. The summed E-state index contributed by atoms with van der Waals surface area (Å²) in [5, 5.41) is 3.45. The number of aliphatic imine (C=N–C) groups is 1. The fraction of sp³-hybridized carbons (Fsp3) is 0. The van der Waals surface area contributed by atoms with E-state index >= 15 is 0 Å². The predicted molar refractivity (Wildman–Crippen MR) is 28.8 cm³/mol. The van der Waals surface area contributed by atoms with Gasteiger partial charge in [-0.15, -0.1) is 0 Å². The van der Waals surface area contributed by atoms with Gasteiger partial charge in [0.15, 0.2) is 5.82 Å². The van der Waals surface area contributed by atoms with Crippen molar-refractivity contribution in [2.75, 3.05) is 0 Å². The second-order valence-corrected chi connectivity index (χ2v) is 1.14. The highest BCUT2D eigenvalue weighted by molar-refractivity contribution is 5.56. The monoisotopic (exact) mass is 111 g/mol. The number of hydrogen-bond donors (Lipinski definition) is 1. The van der Waals surface area contributed by atoms with Crippen LogP contribution >= 0.6 is 0 Å². The van der Waals surface area contributed by atoms with E-state index in [2.05, 4.69) is 14.7 Å². The molecule has 0 bridgehead atoms. The Balaban J connectivity index is 2.77. The minimum atomic E-state index is 0.493. The van der Waals surface area contributed by atoms with Crippen LogP contribution in [0.4, 0.5) is 5.82 Å². The molecule has 0 saturated carbocycles. The molecule has 8 heavy (non-hydrogen) atoms. The summed E-state index contributed by atoms with van der Waals surface area (Å²) in [6, 6.07) is 1.61. The zero-order valence-corrected chi connectivity index (χ0v) is 4.11. The van der Waals surface area contributed by atoms with E-state index in [0.717, 1.165) is 6.34 Å². The molecule has 2 N–H and O–H groups in total. The van der Waals surface area contributed by atoms with Crippen molar-refractivity contribution in [2.45, 2.75) is 0 Å².